The molecular weight excluding hydrogens is 409 g/mol. The number of benzene rings is 2. The zero-order valence-corrected chi connectivity index (χ0v) is 16.9. The molecule has 9 heteroatoms. The standard InChI is InChI=1S/C21H22FN3O4S/c1-2-13-23-20(26)12-14-24-21(27)18(15-16-8-4-3-5-9-16)25-30(28,29)19-11-7-6-10-17(19)22/h1,3-11,18,25H,12-15H2,(H,23,26)(H,24,27). The van der Waals surface area contributed by atoms with E-state index in [1.54, 1.807) is 30.3 Å². The molecule has 0 spiro atoms. The molecule has 2 amide bonds. The van der Waals surface area contributed by atoms with Gasteiger partial charge in [0.25, 0.3) is 0 Å². The van der Waals surface area contributed by atoms with Gasteiger partial charge in [0, 0.05) is 13.0 Å². The Morgan fingerprint density at radius 3 is 2.37 bits per heavy atom. The molecule has 30 heavy (non-hydrogen) atoms. The highest BCUT2D eigenvalue weighted by molar-refractivity contribution is 7.89. The first-order valence-electron chi connectivity index (χ1n) is 9.12. The maximum absolute atomic E-state index is 14.0. The summed E-state index contributed by atoms with van der Waals surface area (Å²) in [5.74, 6) is 0.357. The molecule has 7 nitrogen and oxygen atoms in total. The predicted octanol–water partition coefficient (Wildman–Crippen LogP) is 0.971. The highest BCUT2D eigenvalue weighted by atomic mass is 32.2. The number of carbonyl (C=O) groups excluding carboxylic acids is 2. The van der Waals surface area contributed by atoms with Crippen molar-refractivity contribution >= 4 is 21.8 Å². The van der Waals surface area contributed by atoms with Gasteiger partial charge in [0.2, 0.25) is 21.8 Å². The molecule has 0 saturated carbocycles. The first-order valence-corrected chi connectivity index (χ1v) is 10.6. The van der Waals surface area contributed by atoms with E-state index in [4.69, 9.17) is 6.42 Å². The van der Waals surface area contributed by atoms with E-state index in [1.807, 2.05) is 0 Å². The fraction of sp³-hybridized carbons (Fsp3) is 0.238. The Kier molecular flexibility index (Phi) is 8.53. The largest absolute Gasteiger partial charge is 0.354 e. The van der Waals surface area contributed by atoms with Crippen molar-refractivity contribution in [1.29, 1.82) is 0 Å². The molecule has 0 aliphatic rings. The molecule has 2 rings (SSSR count). The minimum atomic E-state index is -4.30. The number of terminal acetylenes is 1. The minimum Gasteiger partial charge on any atom is -0.354 e. The second-order valence-corrected chi connectivity index (χ2v) is 8.00. The van der Waals surface area contributed by atoms with Gasteiger partial charge in [0.1, 0.15) is 16.8 Å². The van der Waals surface area contributed by atoms with E-state index in [2.05, 4.69) is 21.3 Å². The summed E-state index contributed by atoms with van der Waals surface area (Å²) >= 11 is 0. The Balaban J connectivity index is 2.12. The molecule has 0 fully saturated rings. The smallest absolute Gasteiger partial charge is 0.244 e. The number of hydrogen-bond acceptors (Lipinski definition) is 4. The van der Waals surface area contributed by atoms with Gasteiger partial charge in [-0.05, 0) is 24.1 Å². The molecule has 0 bridgehead atoms. The molecule has 0 aliphatic carbocycles. The Hall–Kier alpha value is -3.22. The third kappa shape index (κ3) is 6.99. The first-order chi connectivity index (χ1) is 14.3. The van der Waals surface area contributed by atoms with E-state index in [0.29, 0.717) is 5.56 Å². The lowest BCUT2D eigenvalue weighted by Gasteiger charge is -2.19. The summed E-state index contributed by atoms with van der Waals surface area (Å²) in [7, 11) is -4.30. The highest BCUT2D eigenvalue weighted by Gasteiger charge is 2.27. The Bertz CT molecular complexity index is 1020. The summed E-state index contributed by atoms with van der Waals surface area (Å²) in [6, 6.07) is 12.5. The topological polar surface area (TPSA) is 104 Å². The van der Waals surface area contributed by atoms with Crippen LogP contribution in [0.4, 0.5) is 4.39 Å². The van der Waals surface area contributed by atoms with Gasteiger partial charge in [-0.25, -0.2) is 12.8 Å². The lowest BCUT2D eigenvalue weighted by molar-refractivity contribution is -0.123. The van der Waals surface area contributed by atoms with Crippen LogP contribution >= 0.6 is 0 Å². The summed E-state index contributed by atoms with van der Waals surface area (Å²) in [6.45, 7) is 0.0633. The molecule has 2 aromatic carbocycles. The number of nitrogens with one attached hydrogen (secondary N) is 3. The predicted molar refractivity (Wildman–Crippen MR) is 110 cm³/mol. The molecule has 0 radical (unpaired) electrons. The maximum Gasteiger partial charge on any atom is 0.244 e. The van der Waals surface area contributed by atoms with Crippen LogP contribution < -0.4 is 15.4 Å². The Morgan fingerprint density at radius 2 is 1.70 bits per heavy atom. The van der Waals surface area contributed by atoms with E-state index >= 15 is 0 Å². The number of sulfonamides is 1. The second-order valence-electron chi connectivity index (χ2n) is 6.32. The van der Waals surface area contributed by atoms with Crippen molar-refractivity contribution in [1.82, 2.24) is 15.4 Å². The van der Waals surface area contributed by atoms with Crippen LogP contribution in [0.2, 0.25) is 0 Å². The van der Waals surface area contributed by atoms with Crippen molar-refractivity contribution in [3.63, 3.8) is 0 Å². The lowest BCUT2D eigenvalue weighted by atomic mass is 10.1. The molecule has 3 N–H and O–H groups in total. The van der Waals surface area contributed by atoms with Crippen molar-refractivity contribution < 1.29 is 22.4 Å². The van der Waals surface area contributed by atoms with E-state index in [0.717, 1.165) is 12.1 Å². The van der Waals surface area contributed by atoms with Gasteiger partial charge in [-0.1, -0.05) is 48.4 Å². The van der Waals surface area contributed by atoms with E-state index in [-0.39, 0.29) is 31.8 Å². The summed E-state index contributed by atoms with van der Waals surface area (Å²) in [4.78, 5) is 23.7. The van der Waals surface area contributed by atoms with Gasteiger partial charge in [0.05, 0.1) is 6.54 Å². The number of amides is 2. The quantitative estimate of drug-likeness (QED) is 0.488. The summed E-state index contributed by atoms with van der Waals surface area (Å²) < 4.78 is 41.5. The summed E-state index contributed by atoms with van der Waals surface area (Å²) in [6.07, 6.45) is 5.08. The second kappa shape index (κ2) is 11.1. The average Bonchev–Trinajstić information content (AvgIpc) is 2.72. The van der Waals surface area contributed by atoms with Crippen molar-refractivity contribution in [2.75, 3.05) is 13.1 Å². The van der Waals surface area contributed by atoms with Crippen LogP contribution in [-0.2, 0) is 26.0 Å². The van der Waals surface area contributed by atoms with Crippen molar-refractivity contribution in [3.05, 3.63) is 66.0 Å². The normalized spacial score (nSPS) is 11.9. The molecule has 158 valence electrons. The average molecular weight is 431 g/mol. The number of halogens is 1. The van der Waals surface area contributed by atoms with Crippen molar-refractivity contribution in [3.8, 4) is 12.3 Å². The zero-order valence-electron chi connectivity index (χ0n) is 16.1. The van der Waals surface area contributed by atoms with Crippen LogP contribution in [0.25, 0.3) is 0 Å². The molecule has 0 aromatic heterocycles. The Labute approximate surface area is 175 Å². The maximum atomic E-state index is 14.0. The van der Waals surface area contributed by atoms with Gasteiger partial charge in [-0.2, -0.15) is 4.72 Å². The van der Waals surface area contributed by atoms with Gasteiger partial charge in [-0.3, -0.25) is 9.59 Å². The fourth-order valence-corrected chi connectivity index (χ4v) is 3.89. The van der Waals surface area contributed by atoms with E-state index in [9.17, 15) is 22.4 Å². The summed E-state index contributed by atoms with van der Waals surface area (Å²) in [5, 5.41) is 4.99. The summed E-state index contributed by atoms with van der Waals surface area (Å²) in [5.41, 5.74) is 0.709. The van der Waals surface area contributed by atoms with Crippen LogP contribution in [0.5, 0.6) is 0 Å². The van der Waals surface area contributed by atoms with E-state index in [1.165, 1.54) is 12.1 Å². The van der Waals surface area contributed by atoms with Crippen LogP contribution in [-0.4, -0.2) is 39.4 Å². The molecular formula is C21H22FN3O4S. The van der Waals surface area contributed by atoms with E-state index < -0.39 is 32.7 Å². The SMILES string of the molecule is C#CCNC(=O)CCNC(=O)C(Cc1ccccc1)NS(=O)(=O)c1ccccc1F. The van der Waals surface area contributed by atoms with Crippen molar-refractivity contribution in [2.45, 2.75) is 23.8 Å². The fourth-order valence-electron chi connectivity index (χ4n) is 2.61. The minimum absolute atomic E-state index is 0.0120. The van der Waals surface area contributed by atoms with Crippen molar-refractivity contribution in [2.24, 2.45) is 0 Å². The molecule has 1 unspecified atom stereocenters. The highest BCUT2D eigenvalue weighted by Crippen LogP contribution is 2.15. The van der Waals surface area contributed by atoms with Gasteiger partial charge >= 0.3 is 0 Å². The number of hydrogen-bond donors (Lipinski definition) is 3. The van der Waals surface area contributed by atoms with Crippen LogP contribution in [0.1, 0.15) is 12.0 Å². The monoisotopic (exact) mass is 431 g/mol. The molecule has 0 heterocycles. The third-order valence-electron chi connectivity index (χ3n) is 4.06. The third-order valence-corrected chi connectivity index (χ3v) is 5.57. The van der Waals surface area contributed by atoms with Crippen LogP contribution in [0.3, 0.4) is 0 Å². The van der Waals surface area contributed by atoms with Gasteiger partial charge in [0.15, 0.2) is 0 Å². The Morgan fingerprint density at radius 1 is 1.03 bits per heavy atom. The molecule has 1 atom stereocenters. The lowest BCUT2D eigenvalue weighted by Crippen LogP contribution is -2.48. The zero-order chi connectivity index (χ0) is 22.0. The van der Waals surface area contributed by atoms with Gasteiger partial charge < -0.3 is 10.6 Å². The number of rotatable bonds is 10. The van der Waals surface area contributed by atoms with Gasteiger partial charge in [-0.15, -0.1) is 6.42 Å². The molecule has 2 aromatic rings. The number of carbonyl (C=O) groups is 2. The first kappa shape index (κ1) is 23.1. The van der Waals surface area contributed by atoms with Crippen LogP contribution in [0.15, 0.2) is 59.5 Å². The molecule has 0 saturated heterocycles. The molecule has 0 aliphatic heterocycles. The van der Waals surface area contributed by atoms with Crippen LogP contribution in [0, 0.1) is 18.2 Å².